The van der Waals surface area contributed by atoms with Crippen LogP contribution >= 0.6 is 15.9 Å². The summed E-state index contributed by atoms with van der Waals surface area (Å²) in [5.74, 6) is 0.798. The average molecular weight is 362 g/mol. The number of hydrogen-bond acceptors (Lipinski definition) is 3. The number of halogens is 1. The fourth-order valence-corrected chi connectivity index (χ4v) is 2.63. The number of rotatable bonds is 4. The van der Waals surface area contributed by atoms with E-state index in [0.29, 0.717) is 19.6 Å². The molecule has 1 aliphatic heterocycles. The lowest BCUT2D eigenvalue weighted by molar-refractivity contribution is -0.120. The van der Waals surface area contributed by atoms with Crippen LogP contribution in [0.1, 0.15) is 16.7 Å². The number of amides is 1. The Morgan fingerprint density at radius 2 is 2.00 bits per heavy atom. The maximum Gasteiger partial charge on any atom is 0.224 e. The third-order valence-electron chi connectivity index (χ3n) is 3.53. The highest BCUT2D eigenvalue weighted by Gasteiger charge is 2.16. The Balaban J connectivity index is 1.61. The lowest BCUT2D eigenvalue weighted by atomic mass is 10.0. The monoisotopic (exact) mass is 361 g/mol. The summed E-state index contributed by atoms with van der Waals surface area (Å²) < 4.78 is 11.8. The first-order valence-corrected chi connectivity index (χ1v) is 7.84. The Kier molecular flexibility index (Phi) is 4.75. The molecule has 0 unspecified atom stereocenters. The molecule has 114 valence electrons. The molecule has 4 nitrogen and oxygen atoms in total. The molecule has 0 aromatic heterocycles. The zero-order valence-corrected chi connectivity index (χ0v) is 13.6. The summed E-state index contributed by atoms with van der Waals surface area (Å²) in [6.07, 6.45) is 0.326. The molecule has 1 N–H and O–H groups in total. The molecule has 2 aromatic carbocycles. The second kappa shape index (κ2) is 6.94. The van der Waals surface area contributed by atoms with E-state index in [-0.39, 0.29) is 12.7 Å². The standard InChI is InChI=1S/C17H16BrNO3/c18-14-6-4-12(5-7-14)9-19-17(20)8-13-2-1-3-16-15(13)10-21-11-22-16/h1-7H,8-11H2,(H,19,20). The number of carbonyl (C=O) groups excluding carboxylic acids is 1. The SMILES string of the molecule is O=C(Cc1cccc2c1COCO2)NCc1ccc(Br)cc1. The van der Waals surface area contributed by atoms with Gasteiger partial charge in [-0.1, -0.05) is 40.2 Å². The van der Waals surface area contributed by atoms with Crippen LogP contribution in [0, 0.1) is 0 Å². The molecule has 0 bridgehead atoms. The van der Waals surface area contributed by atoms with E-state index in [1.54, 1.807) is 0 Å². The van der Waals surface area contributed by atoms with Crippen LogP contribution in [-0.4, -0.2) is 12.7 Å². The van der Waals surface area contributed by atoms with Crippen molar-refractivity contribution in [1.82, 2.24) is 5.32 Å². The third kappa shape index (κ3) is 3.67. The van der Waals surface area contributed by atoms with Crippen LogP contribution in [0.25, 0.3) is 0 Å². The lowest BCUT2D eigenvalue weighted by Gasteiger charge is -2.20. The van der Waals surface area contributed by atoms with E-state index in [1.165, 1.54) is 0 Å². The fourth-order valence-electron chi connectivity index (χ4n) is 2.36. The molecule has 3 rings (SSSR count). The van der Waals surface area contributed by atoms with E-state index in [4.69, 9.17) is 9.47 Å². The minimum absolute atomic E-state index is 0.0121. The number of carbonyl (C=O) groups is 1. The van der Waals surface area contributed by atoms with Gasteiger partial charge in [0.05, 0.1) is 13.0 Å². The van der Waals surface area contributed by atoms with Crippen LogP contribution in [-0.2, 0) is 29.1 Å². The summed E-state index contributed by atoms with van der Waals surface area (Å²) in [5.41, 5.74) is 2.98. The first-order chi connectivity index (χ1) is 10.7. The highest BCUT2D eigenvalue weighted by Crippen LogP contribution is 2.26. The van der Waals surface area contributed by atoms with Crippen molar-refractivity contribution in [3.05, 3.63) is 63.6 Å². The van der Waals surface area contributed by atoms with Gasteiger partial charge in [-0.05, 0) is 29.3 Å². The van der Waals surface area contributed by atoms with Crippen molar-refractivity contribution < 1.29 is 14.3 Å². The van der Waals surface area contributed by atoms with Gasteiger partial charge in [-0.25, -0.2) is 0 Å². The molecule has 0 saturated heterocycles. The topological polar surface area (TPSA) is 47.6 Å². The highest BCUT2D eigenvalue weighted by atomic mass is 79.9. The van der Waals surface area contributed by atoms with Crippen molar-refractivity contribution in [3.8, 4) is 5.75 Å². The number of nitrogens with one attached hydrogen (secondary N) is 1. The van der Waals surface area contributed by atoms with Crippen LogP contribution in [0.3, 0.4) is 0 Å². The van der Waals surface area contributed by atoms with Crippen LogP contribution < -0.4 is 10.1 Å². The maximum absolute atomic E-state index is 12.1. The molecule has 0 atom stereocenters. The molecule has 22 heavy (non-hydrogen) atoms. The largest absolute Gasteiger partial charge is 0.467 e. The zero-order chi connectivity index (χ0) is 15.4. The normalized spacial score (nSPS) is 13.1. The molecule has 0 fully saturated rings. The van der Waals surface area contributed by atoms with Gasteiger partial charge in [0.2, 0.25) is 5.91 Å². The second-order valence-corrected chi connectivity index (χ2v) is 6.00. The van der Waals surface area contributed by atoms with Gasteiger partial charge in [0, 0.05) is 16.6 Å². The van der Waals surface area contributed by atoms with Crippen LogP contribution in [0.2, 0.25) is 0 Å². The first-order valence-electron chi connectivity index (χ1n) is 7.05. The zero-order valence-electron chi connectivity index (χ0n) is 12.0. The molecule has 0 spiro atoms. The summed E-state index contributed by atoms with van der Waals surface area (Å²) >= 11 is 3.39. The van der Waals surface area contributed by atoms with E-state index in [9.17, 15) is 4.79 Å². The second-order valence-electron chi connectivity index (χ2n) is 5.08. The van der Waals surface area contributed by atoms with Gasteiger partial charge < -0.3 is 14.8 Å². The third-order valence-corrected chi connectivity index (χ3v) is 4.06. The molecule has 2 aromatic rings. The lowest BCUT2D eigenvalue weighted by Crippen LogP contribution is -2.25. The van der Waals surface area contributed by atoms with Gasteiger partial charge in [-0.3, -0.25) is 4.79 Å². The van der Waals surface area contributed by atoms with Gasteiger partial charge in [0.15, 0.2) is 6.79 Å². The van der Waals surface area contributed by atoms with E-state index < -0.39 is 0 Å². The first kappa shape index (κ1) is 15.1. The molecule has 0 aliphatic carbocycles. The Morgan fingerprint density at radius 1 is 1.18 bits per heavy atom. The Bertz CT molecular complexity index is 670. The van der Waals surface area contributed by atoms with Gasteiger partial charge in [0.1, 0.15) is 5.75 Å². The minimum atomic E-state index is -0.0121. The van der Waals surface area contributed by atoms with Crippen LogP contribution in [0.5, 0.6) is 5.75 Å². The van der Waals surface area contributed by atoms with E-state index in [2.05, 4.69) is 21.2 Å². The van der Waals surface area contributed by atoms with Crippen LogP contribution in [0.4, 0.5) is 0 Å². The predicted octanol–water partition coefficient (Wildman–Crippen LogP) is 3.17. The number of ether oxygens (including phenoxy) is 2. The predicted molar refractivity (Wildman–Crippen MR) is 86.4 cm³/mol. The fraction of sp³-hybridized carbons (Fsp3) is 0.235. The number of fused-ring (bicyclic) bond motifs is 1. The van der Waals surface area contributed by atoms with E-state index in [0.717, 1.165) is 26.9 Å². The Morgan fingerprint density at radius 3 is 2.82 bits per heavy atom. The van der Waals surface area contributed by atoms with Crippen molar-refractivity contribution in [2.75, 3.05) is 6.79 Å². The summed E-state index contributed by atoms with van der Waals surface area (Å²) in [6.45, 7) is 1.28. The molecule has 0 saturated carbocycles. The van der Waals surface area contributed by atoms with Gasteiger partial charge in [-0.15, -0.1) is 0 Å². The number of hydrogen-bond donors (Lipinski definition) is 1. The van der Waals surface area contributed by atoms with E-state index >= 15 is 0 Å². The van der Waals surface area contributed by atoms with Crippen molar-refractivity contribution in [3.63, 3.8) is 0 Å². The Hall–Kier alpha value is -1.85. The van der Waals surface area contributed by atoms with E-state index in [1.807, 2.05) is 42.5 Å². The molecule has 5 heteroatoms. The van der Waals surface area contributed by atoms with Crippen molar-refractivity contribution >= 4 is 21.8 Å². The molecule has 1 heterocycles. The summed E-state index contributed by atoms with van der Waals surface area (Å²) in [7, 11) is 0. The van der Waals surface area contributed by atoms with Crippen LogP contribution in [0.15, 0.2) is 46.9 Å². The summed E-state index contributed by atoms with van der Waals surface area (Å²) in [5, 5.41) is 2.94. The maximum atomic E-state index is 12.1. The minimum Gasteiger partial charge on any atom is -0.467 e. The van der Waals surface area contributed by atoms with Gasteiger partial charge in [0.25, 0.3) is 0 Å². The molecule has 0 radical (unpaired) electrons. The van der Waals surface area contributed by atoms with Crippen molar-refractivity contribution in [2.24, 2.45) is 0 Å². The summed E-state index contributed by atoms with van der Waals surface area (Å²) in [4.78, 5) is 12.1. The Labute approximate surface area is 137 Å². The average Bonchev–Trinajstić information content (AvgIpc) is 2.55. The van der Waals surface area contributed by atoms with Gasteiger partial charge >= 0.3 is 0 Å². The molecular weight excluding hydrogens is 346 g/mol. The van der Waals surface area contributed by atoms with Gasteiger partial charge in [-0.2, -0.15) is 0 Å². The molecular formula is C17H16BrNO3. The molecule has 1 aliphatic rings. The number of benzene rings is 2. The van der Waals surface area contributed by atoms with Crippen molar-refractivity contribution in [2.45, 2.75) is 19.6 Å². The smallest absolute Gasteiger partial charge is 0.224 e. The quantitative estimate of drug-likeness (QED) is 0.909. The molecule has 1 amide bonds. The highest BCUT2D eigenvalue weighted by molar-refractivity contribution is 9.10. The summed E-state index contributed by atoms with van der Waals surface area (Å²) in [6, 6.07) is 13.6. The van der Waals surface area contributed by atoms with Crippen molar-refractivity contribution in [1.29, 1.82) is 0 Å².